The molecule has 2 aromatic carbocycles. The zero-order valence-electron chi connectivity index (χ0n) is 15.7. The highest BCUT2D eigenvalue weighted by Crippen LogP contribution is 2.35. The molecule has 1 aromatic heterocycles. The zero-order valence-corrected chi connectivity index (χ0v) is 17.2. The molecule has 0 unspecified atom stereocenters. The van der Waals surface area contributed by atoms with Crippen LogP contribution >= 0.6 is 15.9 Å². The van der Waals surface area contributed by atoms with Crippen molar-refractivity contribution in [3.8, 4) is 5.75 Å². The second-order valence-electron chi connectivity index (χ2n) is 6.43. The largest absolute Gasteiger partial charge is 0.488 e. The van der Waals surface area contributed by atoms with Crippen LogP contribution in [0.1, 0.15) is 29.8 Å². The Bertz CT molecular complexity index is 1040. The fraction of sp³-hybridized carbons (Fsp3) is 0.136. The van der Waals surface area contributed by atoms with E-state index in [-0.39, 0.29) is 5.91 Å². The van der Waals surface area contributed by atoms with E-state index < -0.39 is 6.23 Å². The molecule has 1 atom stereocenters. The van der Waals surface area contributed by atoms with Gasteiger partial charge in [-0.25, -0.2) is 0 Å². The van der Waals surface area contributed by atoms with E-state index in [9.17, 15) is 4.79 Å². The fourth-order valence-corrected chi connectivity index (χ4v) is 3.20. The molecule has 0 fully saturated rings. The van der Waals surface area contributed by atoms with Crippen LogP contribution in [0, 0.1) is 0 Å². The Morgan fingerprint density at radius 1 is 1.10 bits per heavy atom. The molecule has 146 valence electrons. The molecule has 1 aliphatic rings. The smallest absolute Gasteiger partial charge is 0.243 e. The number of pyridine rings is 1. The standard InChI is InChI=1S/C22H18BrN3O3/c1-15(27)26-22(29-21(25-26)17-10-12-24-13-11-17)19-4-2-3-5-20(19)28-14-16-6-8-18(23)9-7-16/h2-13,22H,14H2,1H3/t22-/m0/s1. The Balaban J connectivity index is 1.59. The summed E-state index contributed by atoms with van der Waals surface area (Å²) >= 11 is 3.43. The third kappa shape index (κ3) is 4.30. The number of hydrazone groups is 1. The van der Waals surface area contributed by atoms with Crippen LogP contribution < -0.4 is 4.74 Å². The van der Waals surface area contributed by atoms with Crippen LogP contribution in [-0.4, -0.2) is 21.8 Å². The van der Waals surface area contributed by atoms with E-state index >= 15 is 0 Å². The average Bonchev–Trinajstić information content (AvgIpc) is 3.20. The molecule has 0 N–H and O–H groups in total. The Labute approximate surface area is 176 Å². The summed E-state index contributed by atoms with van der Waals surface area (Å²) < 4.78 is 13.1. The van der Waals surface area contributed by atoms with E-state index in [1.54, 1.807) is 24.5 Å². The van der Waals surface area contributed by atoms with Crippen LogP contribution in [0.4, 0.5) is 0 Å². The lowest BCUT2D eigenvalue weighted by atomic mass is 10.1. The van der Waals surface area contributed by atoms with Gasteiger partial charge in [0.15, 0.2) is 0 Å². The van der Waals surface area contributed by atoms with Crippen LogP contribution in [-0.2, 0) is 16.1 Å². The second kappa shape index (κ2) is 8.45. The van der Waals surface area contributed by atoms with Crippen molar-refractivity contribution in [2.75, 3.05) is 0 Å². The van der Waals surface area contributed by atoms with Gasteiger partial charge in [0.2, 0.25) is 18.0 Å². The quantitative estimate of drug-likeness (QED) is 0.565. The van der Waals surface area contributed by atoms with E-state index in [2.05, 4.69) is 26.0 Å². The molecule has 0 spiro atoms. The Morgan fingerprint density at radius 3 is 2.55 bits per heavy atom. The van der Waals surface area contributed by atoms with Gasteiger partial charge in [-0.2, -0.15) is 5.01 Å². The van der Waals surface area contributed by atoms with Crippen molar-refractivity contribution < 1.29 is 14.3 Å². The number of benzene rings is 2. The Kier molecular flexibility index (Phi) is 5.57. The van der Waals surface area contributed by atoms with E-state index in [1.807, 2.05) is 48.5 Å². The average molecular weight is 452 g/mol. The maximum Gasteiger partial charge on any atom is 0.243 e. The van der Waals surface area contributed by atoms with Gasteiger partial charge in [-0.3, -0.25) is 9.78 Å². The van der Waals surface area contributed by atoms with Gasteiger partial charge in [-0.1, -0.05) is 40.2 Å². The highest BCUT2D eigenvalue weighted by molar-refractivity contribution is 9.10. The second-order valence-corrected chi connectivity index (χ2v) is 7.34. The van der Waals surface area contributed by atoms with E-state index in [4.69, 9.17) is 9.47 Å². The highest BCUT2D eigenvalue weighted by atomic mass is 79.9. The summed E-state index contributed by atoms with van der Waals surface area (Å²) in [4.78, 5) is 16.2. The first-order valence-corrected chi connectivity index (χ1v) is 9.83. The number of halogens is 1. The SMILES string of the molecule is CC(=O)N1N=C(c2ccncc2)O[C@H]1c1ccccc1OCc1ccc(Br)cc1. The number of aromatic nitrogens is 1. The summed E-state index contributed by atoms with van der Waals surface area (Å²) in [6.45, 7) is 1.86. The first-order chi connectivity index (χ1) is 14.1. The molecule has 1 aliphatic heterocycles. The third-order valence-corrected chi connectivity index (χ3v) is 4.92. The lowest BCUT2D eigenvalue weighted by Gasteiger charge is -2.22. The lowest BCUT2D eigenvalue weighted by Crippen LogP contribution is -2.25. The monoisotopic (exact) mass is 451 g/mol. The zero-order chi connectivity index (χ0) is 20.2. The molecular formula is C22H18BrN3O3. The van der Waals surface area contributed by atoms with Gasteiger partial charge in [0, 0.05) is 29.4 Å². The number of nitrogens with zero attached hydrogens (tertiary/aromatic N) is 3. The van der Waals surface area contributed by atoms with Crippen molar-refractivity contribution in [3.63, 3.8) is 0 Å². The predicted molar refractivity (Wildman–Crippen MR) is 112 cm³/mol. The molecule has 6 nitrogen and oxygen atoms in total. The minimum Gasteiger partial charge on any atom is -0.488 e. The number of hydrogen-bond donors (Lipinski definition) is 0. The van der Waals surface area contributed by atoms with Gasteiger partial charge in [-0.15, -0.1) is 5.10 Å². The summed E-state index contributed by atoms with van der Waals surface area (Å²) in [6, 6.07) is 19.0. The predicted octanol–water partition coefficient (Wildman–Crippen LogP) is 4.66. The molecule has 0 saturated heterocycles. The first-order valence-electron chi connectivity index (χ1n) is 9.03. The Morgan fingerprint density at radius 2 is 1.83 bits per heavy atom. The van der Waals surface area contributed by atoms with Gasteiger partial charge in [-0.05, 0) is 42.0 Å². The van der Waals surface area contributed by atoms with Gasteiger partial charge in [0.05, 0.1) is 5.56 Å². The number of para-hydroxylation sites is 1. The fourth-order valence-electron chi connectivity index (χ4n) is 2.94. The van der Waals surface area contributed by atoms with Crippen molar-refractivity contribution in [1.29, 1.82) is 0 Å². The van der Waals surface area contributed by atoms with Crippen LogP contribution in [0.2, 0.25) is 0 Å². The summed E-state index contributed by atoms with van der Waals surface area (Å²) in [5.74, 6) is 0.787. The van der Waals surface area contributed by atoms with Crippen LogP contribution in [0.3, 0.4) is 0 Å². The topological polar surface area (TPSA) is 64.0 Å². The van der Waals surface area contributed by atoms with Crippen molar-refractivity contribution in [1.82, 2.24) is 9.99 Å². The molecular weight excluding hydrogens is 434 g/mol. The number of rotatable bonds is 5. The van der Waals surface area contributed by atoms with Gasteiger partial charge >= 0.3 is 0 Å². The molecule has 0 aliphatic carbocycles. The number of carbonyl (C=O) groups is 1. The lowest BCUT2D eigenvalue weighted by molar-refractivity contribution is -0.135. The molecule has 0 radical (unpaired) electrons. The van der Waals surface area contributed by atoms with Crippen molar-refractivity contribution >= 4 is 27.7 Å². The maximum absolute atomic E-state index is 12.2. The van der Waals surface area contributed by atoms with Crippen LogP contribution in [0.15, 0.2) is 82.6 Å². The first kappa shape index (κ1) is 19.1. The Hall–Kier alpha value is -3.19. The molecule has 4 rings (SSSR count). The number of hydrogen-bond acceptors (Lipinski definition) is 5. The van der Waals surface area contributed by atoms with Crippen LogP contribution in [0.25, 0.3) is 0 Å². The van der Waals surface area contributed by atoms with E-state index in [1.165, 1.54) is 11.9 Å². The molecule has 0 bridgehead atoms. The van der Waals surface area contributed by atoms with Crippen LogP contribution in [0.5, 0.6) is 5.75 Å². The van der Waals surface area contributed by atoms with E-state index in [0.717, 1.165) is 21.2 Å². The van der Waals surface area contributed by atoms with Gasteiger partial charge < -0.3 is 9.47 Å². The summed E-state index contributed by atoms with van der Waals surface area (Å²) in [5, 5.41) is 5.71. The van der Waals surface area contributed by atoms with Crippen molar-refractivity contribution in [2.45, 2.75) is 19.8 Å². The highest BCUT2D eigenvalue weighted by Gasteiger charge is 2.34. The van der Waals surface area contributed by atoms with Crippen molar-refractivity contribution in [3.05, 3.63) is 94.2 Å². The summed E-state index contributed by atoms with van der Waals surface area (Å²) in [7, 11) is 0. The van der Waals surface area contributed by atoms with Gasteiger partial charge in [0.1, 0.15) is 12.4 Å². The summed E-state index contributed by atoms with van der Waals surface area (Å²) in [5.41, 5.74) is 2.52. The minimum absolute atomic E-state index is 0.221. The molecule has 7 heteroatoms. The number of carbonyl (C=O) groups excluding carboxylic acids is 1. The molecule has 2 heterocycles. The number of amides is 1. The molecule has 0 saturated carbocycles. The third-order valence-electron chi connectivity index (χ3n) is 4.39. The maximum atomic E-state index is 12.2. The number of ether oxygens (including phenoxy) is 2. The van der Waals surface area contributed by atoms with Crippen molar-refractivity contribution in [2.24, 2.45) is 5.10 Å². The molecule has 3 aromatic rings. The minimum atomic E-state index is -0.697. The summed E-state index contributed by atoms with van der Waals surface area (Å²) in [6.07, 6.45) is 2.61. The molecule has 29 heavy (non-hydrogen) atoms. The van der Waals surface area contributed by atoms with E-state index in [0.29, 0.717) is 18.3 Å². The van der Waals surface area contributed by atoms with Gasteiger partial charge in [0.25, 0.3) is 0 Å². The normalized spacial score (nSPS) is 15.6. The molecule has 1 amide bonds.